The molecule has 0 spiro atoms. The summed E-state index contributed by atoms with van der Waals surface area (Å²) in [4.78, 5) is 0. The molecule has 0 heterocycles. The van der Waals surface area contributed by atoms with Crippen molar-refractivity contribution in [3.8, 4) is 17.2 Å². The molecule has 0 fully saturated rings. The topological polar surface area (TPSA) is 90.2 Å². The summed E-state index contributed by atoms with van der Waals surface area (Å²) in [5, 5.41) is 39.0. The number of ether oxygens (including phenoxy) is 1. The van der Waals surface area contributed by atoms with Crippen molar-refractivity contribution in [3.05, 3.63) is 53.1 Å². The lowest BCUT2D eigenvalue weighted by atomic mass is 9.98. The van der Waals surface area contributed by atoms with Crippen molar-refractivity contribution >= 4 is 0 Å². The lowest BCUT2D eigenvalue weighted by molar-refractivity contribution is 0.210. The molecule has 1 unspecified atom stereocenters. The van der Waals surface area contributed by atoms with Crippen LogP contribution in [0.3, 0.4) is 0 Å². The van der Waals surface area contributed by atoms with E-state index in [1.54, 1.807) is 12.1 Å². The van der Waals surface area contributed by atoms with Gasteiger partial charge in [0.1, 0.15) is 23.4 Å². The van der Waals surface area contributed by atoms with Crippen LogP contribution in [0, 0.1) is 0 Å². The van der Waals surface area contributed by atoms with Gasteiger partial charge in [0, 0.05) is 17.2 Å². The Kier molecular flexibility index (Phi) is 4.12. The Labute approximate surface area is 116 Å². The van der Waals surface area contributed by atoms with Crippen LogP contribution in [-0.2, 0) is 6.61 Å². The molecule has 0 bridgehead atoms. The SMILES string of the molecule is COc1ccc(C(O)c2ccc(CO)cc2O)c(O)c1. The number of aliphatic hydroxyl groups is 2. The maximum absolute atomic E-state index is 10.3. The van der Waals surface area contributed by atoms with Gasteiger partial charge in [-0.25, -0.2) is 0 Å². The van der Waals surface area contributed by atoms with Gasteiger partial charge < -0.3 is 25.2 Å². The Morgan fingerprint density at radius 3 is 2.10 bits per heavy atom. The lowest BCUT2D eigenvalue weighted by Crippen LogP contribution is -2.01. The smallest absolute Gasteiger partial charge is 0.125 e. The predicted molar refractivity (Wildman–Crippen MR) is 72.8 cm³/mol. The van der Waals surface area contributed by atoms with Crippen LogP contribution in [0.15, 0.2) is 36.4 Å². The van der Waals surface area contributed by atoms with Crippen molar-refractivity contribution in [3.63, 3.8) is 0 Å². The molecule has 0 aliphatic heterocycles. The molecule has 1 atom stereocenters. The molecular formula is C15H16O5. The fourth-order valence-corrected chi connectivity index (χ4v) is 1.97. The van der Waals surface area contributed by atoms with Gasteiger partial charge in [-0.2, -0.15) is 0 Å². The van der Waals surface area contributed by atoms with Crippen LogP contribution >= 0.6 is 0 Å². The third-order valence-electron chi connectivity index (χ3n) is 3.10. The van der Waals surface area contributed by atoms with Crippen molar-refractivity contribution in [1.82, 2.24) is 0 Å². The average molecular weight is 276 g/mol. The molecule has 0 aliphatic carbocycles. The van der Waals surface area contributed by atoms with Crippen molar-refractivity contribution in [2.75, 3.05) is 7.11 Å². The highest BCUT2D eigenvalue weighted by Gasteiger charge is 2.18. The zero-order valence-corrected chi connectivity index (χ0v) is 10.9. The third-order valence-corrected chi connectivity index (χ3v) is 3.10. The second-order valence-corrected chi connectivity index (χ2v) is 4.38. The fraction of sp³-hybridized carbons (Fsp3) is 0.200. The van der Waals surface area contributed by atoms with Crippen LogP contribution in [-0.4, -0.2) is 27.5 Å². The highest BCUT2D eigenvalue weighted by atomic mass is 16.5. The highest BCUT2D eigenvalue weighted by Crippen LogP contribution is 2.35. The second-order valence-electron chi connectivity index (χ2n) is 4.38. The molecule has 5 heteroatoms. The molecule has 0 radical (unpaired) electrons. The van der Waals surface area contributed by atoms with Gasteiger partial charge in [-0.05, 0) is 23.8 Å². The van der Waals surface area contributed by atoms with E-state index in [-0.39, 0.29) is 29.2 Å². The van der Waals surface area contributed by atoms with Crippen LogP contribution in [0.4, 0.5) is 0 Å². The molecule has 0 aromatic heterocycles. The van der Waals surface area contributed by atoms with Crippen LogP contribution in [0.5, 0.6) is 17.2 Å². The average Bonchev–Trinajstić information content (AvgIpc) is 2.46. The van der Waals surface area contributed by atoms with E-state index in [4.69, 9.17) is 9.84 Å². The first-order valence-corrected chi connectivity index (χ1v) is 6.04. The van der Waals surface area contributed by atoms with E-state index in [2.05, 4.69) is 0 Å². The number of phenols is 2. The number of rotatable bonds is 4. The molecular weight excluding hydrogens is 260 g/mol. The number of aliphatic hydroxyl groups excluding tert-OH is 2. The molecule has 2 aromatic carbocycles. The van der Waals surface area contributed by atoms with Crippen LogP contribution in [0.25, 0.3) is 0 Å². The summed E-state index contributed by atoms with van der Waals surface area (Å²) in [6, 6.07) is 9.00. The molecule has 2 rings (SSSR count). The van der Waals surface area contributed by atoms with E-state index >= 15 is 0 Å². The maximum Gasteiger partial charge on any atom is 0.125 e. The quantitative estimate of drug-likeness (QED) is 0.682. The standard InChI is InChI=1S/C15H16O5/c1-20-10-3-5-12(14(18)7-10)15(19)11-4-2-9(8-16)6-13(11)17/h2-7,15-19H,8H2,1H3. The fourth-order valence-electron chi connectivity index (χ4n) is 1.97. The number of phenolic OH excluding ortho intramolecular Hbond substituents is 2. The van der Waals surface area contributed by atoms with E-state index in [0.29, 0.717) is 11.3 Å². The maximum atomic E-state index is 10.3. The normalized spacial score (nSPS) is 12.2. The number of benzene rings is 2. The first-order valence-electron chi connectivity index (χ1n) is 6.04. The Morgan fingerprint density at radius 2 is 1.60 bits per heavy atom. The third kappa shape index (κ3) is 2.68. The summed E-state index contributed by atoms with van der Waals surface area (Å²) >= 11 is 0. The van der Waals surface area contributed by atoms with E-state index in [9.17, 15) is 15.3 Å². The van der Waals surface area contributed by atoms with Gasteiger partial charge in [-0.3, -0.25) is 0 Å². The molecule has 20 heavy (non-hydrogen) atoms. The second kappa shape index (κ2) is 5.81. The molecule has 0 saturated carbocycles. The summed E-state index contributed by atoms with van der Waals surface area (Å²) in [6.07, 6.45) is -1.17. The Hall–Kier alpha value is -2.24. The van der Waals surface area contributed by atoms with E-state index in [1.807, 2.05) is 0 Å². The minimum Gasteiger partial charge on any atom is -0.508 e. The van der Waals surface area contributed by atoms with Gasteiger partial charge >= 0.3 is 0 Å². The molecule has 0 amide bonds. The highest BCUT2D eigenvalue weighted by molar-refractivity contribution is 5.48. The van der Waals surface area contributed by atoms with Crippen LogP contribution in [0.2, 0.25) is 0 Å². The zero-order chi connectivity index (χ0) is 14.7. The van der Waals surface area contributed by atoms with Gasteiger partial charge in [-0.15, -0.1) is 0 Å². The first kappa shape index (κ1) is 14.2. The van der Waals surface area contributed by atoms with Crippen LogP contribution < -0.4 is 4.74 Å². The minimum absolute atomic E-state index is 0.123. The van der Waals surface area contributed by atoms with Crippen molar-refractivity contribution in [2.45, 2.75) is 12.7 Å². The Balaban J connectivity index is 2.38. The van der Waals surface area contributed by atoms with Crippen molar-refractivity contribution in [2.24, 2.45) is 0 Å². The van der Waals surface area contributed by atoms with Crippen LogP contribution in [0.1, 0.15) is 22.8 Å². The number of hydrogen-bond acceptors (Lipinski definition) is 5. The number of hydrogen-bond donors (Lipinski definition) is 4. The van der Waals surface area contributed by atoms with Gasteiger partial charge in [0.15, 0.2) is 0 Å². The number of aromatic hydroxyl groups is 2. The summed E-state index contributed by atoms with van der Waals surface area (Å²) in [6.45, 7) is -0.197. The number of methoxy groups -OCH3 is 1. The summed E-state index contributed by atoms with van der Waals surface area (Å²) in [7, 11) is 1.48. The van der Waals surface area contributed by atoms with E-state index in [0.717, 1.165) is 0 Å². The first-order chi connectivity index (χ1) is 9.56. The molecule has 106 valence electrons. The molecule has 2 aromatic rings. The molecule has 0 saturated heterocycles. The lowest BCUT2D eigenvalue weighted by Gasteiger charge is -2.15. The van der Waals surface area contributed by atoms with E-state index < -0.39 is 6.10 Å². The monoisotopic (exact) mass is 276 g/mol. The molecule has 5 nitrogen and oxygen atoms in total. The van der Waals surface area contributed by atoms with Crippen molar-refractivity contribution in [1.29, 1.82) is 0 Å². The van der Waals surface area contributed by atoms with Gasteiger partial charge in [0.25, 0.3) is 0 Å². The molecule has 4 N–H and O–H groups in total. The van der Waals surface area contributed by atoms with E-state index in [1.165, 1.54) is 31.4 Å². The van der Waals surface area contributed by atoms with Gasteiger partial charge in [0.05, 0.1) is 13.7 Å². The minimum atomic E-state index is -1.17. The molecule has 0 aliphatic rings. The predicted octanol–water partition coefficient (Wildman–Crippen LogP) is 1.68. The summed E-state index contributed by atoms with van der Waals surface area (Å²) < 4.78 is 4.97. The van der Waals surface area contributed by atoms with Crippen molar-refractivity contribution < 1.29 is 25.2 Å². The summed E-state index contributed by atoms with van der Waals surface area (Å²) in [5.74, 6) is 0.208. The van der Waals surface area contributed by atoms with Gasteiger partial charge in [0.2, 0.25) is 0 Å². The Morgan fingerprint density at radius 1 is 1.00 bits per heavy atom. The Bertz CT molecular complexity index is 556. The van der Waals surface area contributed by atoms with Gasteiger partial charge in [-0.1, -0.05) is 12.1 Å². The largest absolute Gasteiger partial charge is 0.508 e. The summed E-state index contributed by atoms with van der Waals surface area (Å²) in [5.41, 5.74) is 1.05. The zero-order valence-electron chi connectivity index (χ0n) is 10.9.